The average molecular weight is 347 g/mol. The summed E-state index contributed by atoms with van der Waals surface area (Å²) in [6.45, 7) is 5.49. The van der Waals surface area contributed by atoms with Crippen LogP contribution in [0.1, 0.15) is 18.4 Å². The molecule has 1 heterocycles. The van der Waals surface area contributed by atoms with Crippen LogP contribution in [-0.2, 0) is 9.59 Å². The molecule has 0 aromatic heterocycles. The number of aryl methyl sites for hydroxylation is 1. The molecule has 2 aliphatic rings. The molecule has 1 saturated carbocycles. The maximum absolute atomic E-state index is 12.3. The Kier molecular flexibility index (Phi) is 5.79. The van der Waals surface area contributed by atoms with Crippen LogP contribution in [0.2, 0.25) is 0 Å². The largest absolute Gasteiger partial charge is 0.352 e. The van der Waals surface area contributed by atoms with Crippen molar-refractivity contribution in [3.63, 3.8) is 0 Å². The van der Waals surface area contributed by atoms with Gasteiger partial charge in [0.15, 0.2) is 0 Å². The minimum absolute atomic E-state index is 0.118. The molecule has 0 spiro atoms. The van der Waals surface area contributed by atoms with E-state index >= 15 is 0 Å². The van der Waals surface area contributed by atoms with E-state index in [1.807, 2.05) is 4.90 Å². The quantitative estimate of drug-likeness (QED) is 0.793. The molecule has 0 atom stereocenters. The molecular weight excluding hydrogens is 322 g/mol. The number of piperazine rings is 1. The van der Waals surface area contributed by atoms with Gasteiger partial charge in [-0.1, -0.05) is 17.7 Å². The van der Waals surface area contributed by atoms with Crippen molar-refractivity contribution >= 4 is 23.6 Å². The van der Waals surface area contributed by atoms with Crippen LogP contribution in [0.15, 0.2) is 29.2 Å². The molecule has 3 rings (SSSR count). The molecule has 1 aromatic rings. The number of rotatable bonds is 6. The molecule has 0 bridgehead atoms. The molecule has 2 fully saturated rings. The minimum Gasteiger partial charge on any atom is -0.352 e. The number of hydrogen-bond donors (Lipinski definition) is 1. The maximum Gasteiger partial charge on any atom is 0.234 e. The number of hydrogen-bond acceptors (Lipinski definition) is 4. The zero-order valence-corrected chi connectivity index (χ0v) is 15.0. The summed E-state index contributed by atoms with van der Waals surface area (Å²) in [5.74, 6) is 0.778. The van der Waals surface area contributed by atoms with Crippen LogP contribution in [0.4, 0.5) is 0 Å². The molecule has 5 nitrogen and oxygen atoms in total. The van der Waals surface area contributed by atoms with Crippen molar-refractivity contribution < 1.29 is 9.59 Å². The SMILES string of the molecule is Cc1ccc(SCC(=O)N2CCN(CC(=O)NC3CC3)CC2)cc1. The van der Waals surface area contributed by atoms with Crippen molar-refractivity contribution in [3.8, 4) is 0 Å². The van der Waals surface area contributed by atoms with E-state index in [4.69, 9.17) is 0 Å². The van der Waals surface area contributed by atoms with Crippen LogP contribution in [0.3, 0.4) is 0 Å². The van der Waals surface area contributed by atoms with Crippen molar-refractivity contribution in [3.05, 3.63) is 29.8 Å². The van der Waals surface area contributed by atoms with Gasteiger partial charge in [0, 0.05) is 37.1 Å². The minimum atomic E-state index is 0.118. The van der Waals surface area contributed by atoms with E-state index in [1.165, 1.54) is 5.56 Å². The Balaban J connectivity index is 1.36. The highest BCUT2D eigenvalue weighted by molar-refractivity contribution is 8.00. The Morgan fingerprint density at radius 2 is 1.79 bits per heavy atom. The maximum atomic E-state index is 12.3. The molecule has 0 radical (unpaired) electrons. The molecule has 2 amide bonds. The first kappa shape index (κ1) is 17.3. The normalized spacial score (nSPS) is 18.5. The lowest BCUT2D eigenvalue weighted by molar-refractivity contribution is -0.130. The number of carbonyl (C=O) groups is 2. The van der Waals surface area contributed by atoms with Gasteiger partial charge < -0.3 is 10.2 Å². The predicted octanol–water partition coefficient (Wildman–Crippen LogP) is 1.51. The molecule has 1 aromatic carbocycles. The second-order valence-electron chi connectivity index (χ2n) is 6.60. The smallest absolute Gasteiger partial charge is 0.234 e. The fourth-order valence-corrected chi connectivity index (χ4v) is 3.53. The molecular formula is C18H25N3O2S. The van der Waals surface area contributed by atoms with E-state index in [0.29, 0.717) is 31.4 Å². The summed E-state index contributed by atoms with van der Waals surface area (Å²) in [4.78, 5) is 29.3. The van der Waals surface area contributed by atoms with Crippen LogP contribution in [0.5, 0.6) is 0 Å². The van der Waals surface area contributed by atoms with Gasteiger partial charge in [-0.3, -0.25) is 14.5 Å². The van der Waals surface area contributed by atoms with E-state index < -0.39 is 0 Å². The number of amides is 2. The molecule has 1 N–H and O–H groups in total. The van der Waals surface area contributed by atoms with Crippen molar-refractivity contribution in [2.24, 2.45) is 0 Å². The van der Waals surface area contributed by atoms with E-state index in [0.717, 1.165) is 30.8 Å². The standard InChI is InChI=1S/C18H25N3O2S/c1-14-2-6-16(7-3-14)24-13-18(23)21-10-8-20(9-11-21)12-17(22)19-15-4-5-15/h2-3,6-7,15H,4-5,8-13H2,1H3,(H,19,22). The van der Waals surface area contributed by atoms with Gasteiger partial charge in [0.05, 0.1) is 12.3 Å². The molecule has 6 heteroatoms. The van der Waals surface area contributed by atoms with Gasteiger partial charge >= 0.3 is 0 Å². The van der Waals surface area contributed by atoms with E-state index in [9.17, 15) is 9.59 Å². The highest BCUT2D eigenvalue weighted by Gasteiger charge is 2.26. The summed E-state index contributed by atoms with van der Waals surface area (Å²) >= 11 is 1.59. The summed E-state index contributed by atoms with van der Waals surface area (Å²) in [6.07, 6.45) is 2.24. The fraction of sp³-hybridized carbons (Fsp3) is 0.556. The Labute approximate surface area is 147 Å². The monoisotopic (exact) mass is 347 g/mol. The average Bonchev–Trinajstić information content (AvgIpc) is 3.38. The Bertz CT molecular complexity index is 578. The summed E-state index contributed by atoms with van der Waals surface area (Å²) in [5.41, 5.74) is 1.23. The van der Waals surface area contributed by atoms with Gasteiger partial charge in [-0.2, -0.15) is 0 Å². The zero-order chi connectivity index (χ0) is 16.9. The lowest BCUT2D eigenvalue weighted by atomic mass is 10.2. The van der Waals surface area contributed by atoms with Gasteiger partial charge in [0.25, 0.3) is 0 Å². The molecule has 1 aliphatic carbocycles. The van der Waals surface area contributed by atoms with E-state index in [-0.39, 0.29) is 11.8 Å². The van der Waals surface area contributed by atoms with Crippen LogP contribution in [0, 0.1) is 6.92 Å². The van der Waals surface area contributed by atoms with Crippen molar-refractivity contribution in [1.29, 1.82) is 0 Å². The van der Waals surface area contributed by atoms with E-state index in [2.05, 4.69) is 41.4 Å². The third-order valence-electron chi connectivity index (χ3n) is 4.42. The van der Waals surface area contributed by atoms with Crippen LogP contribution in [0.25, 0.3) is 0 Å². The van der Waals surface area contributed by atoms with Crippen LogP contribution >= 0.6 is 11.8 Å². The Morgan fingerprint density at radius 1 is 1.12 bits per heavy atom. The first-order valence-corrected chi connectivity index (χ1v) is 9.58. The molecule has 24 heavy (non-hydrogen) atoms. The first-order valence-electron chi connectivity index (χ1n) is 8.59. The molecule has 130 valence electrons. The van der Waals surface area contributed by atoms with Gasteiger partial charge in [0.1, 0.15) is 0 Å². The second-order valence-corrected chi connectivity index (χ2v) is 7.65. The Hall–Kier alpha value is -1.53. The molecule has 1 aliphatic heterocycles. The fourth-order valence-electron chi connectivity index (χ4n) is 2.73. The molecule has 0 unspecified atom stereocenters. The van der Waals surface area contributed by atoms with Crippen LogP contribution < -0.4 is 5.32 Å². The summed E-state index contributed by atoms with van der Waals surface area (Å²) in [6, 6.07) is 8.67. The van der Waals surface area contributed by atoms with Gasteiger partial charge in [0.2, 0.25) is 11.8 Å². The third kappa shape index (κ3) is 5.24. The van der Waals surface area contributed by atoms with Gasteiger partial charge in [-0.25, -0.2) is 0 Å². The van der Waals surface area contributed by atoms with Crippen molar-refractivity contribution in [1.82, 2.24) is 15.1 Å². The summed E-state index contributed by atoms with van der Waals surface area (Å²) in [5, 5.41) is 3.01. The van der Waals surface area contributed by atoms with Gasteiger partial charge in [-0.15, -0.1) is 11.8 Å². The van der Waals surface area contributed by atoms with Gasteiger partial charge in [-0.05, 0) is 31.9 Å². The number of benzene rings is 1. The zero-order valence-electron chi connectivity index (χ0n) is 14.2. The van der Waals surface area contributed by atoms with Crippen molar-refractivity contribution in [2.45, 2.75) is 30.7 Å². The highest BCUT2D eigenvalue weighted by Crippen LogP contribution is 2.19. The predicted molar refractivity (Wildman–Crippen MR) is 96.1 cm³/mol. The van der Waals surface area contributed by atoms with E-state index in [1.54, 1.807) is 11.8 Å². The summed E-state index contributed by atoms with van der Waals surface area (Å²) < 4.78 is 0. The summed E-state index contributed by atoms with van der Waals surface area (Å²) in [7, 11) is 0. The lowest BCUT2D eigenvalue weighted by Crippen LogP contribution is -2.51. The first-order chi connectivity index (χ1) is 11.6. The highest BCUT2D eigenvalue weighted by atomic mass is 32.2. The van der Waals surface area contributed by atoms with Crippen LogP contribution in [-0.4, -0.2) is 66.1 Å². The third-order valence-corrected chi connectivity index (χ3v) is 5.41. The van der Waals surface area contributed by atoms with Crippen molar-refractivity contribution in [2.75, 3.05) is 38.5 Å². The number of thioether (sulfide) groups is 1. The number of nitrogens with one attached hydrogen (secondary N) is 1. The second kappa shape index (κ2) is 8.03. The topological polar surface area (TPSA) is 52.7 Å². The lowest BCUT2D eigenvalue weighted by Gasteiger charge is -2.34. The molecule has 1 saturated heterocycles. The number of carbonyl (C=O) groups excluding carboxylic acids is 2. The Morgan fingerprint density at radius 3 is 2.42 bits per heavy atom. The number of nitrogens with zero attached hydrogens (tertiary/aromatic N) is 2.